The highest BCUT2D eigenvalue weighted by atomic mass is 19.1. The second-order valence-electron chi connectivity index (χ2n) is 7.33. The largest absolute Gasteiger partial charge is 0.388 e. The van der Waals surface area contributed by atoms with E-state index >= 15 is 0 Å². The Morgan fingerprint density at radius 1 is 1.23 bits per heavy atom. The van der Waals surface area contributed by atoms with E-state index in [9.17, 15) is 23.9 Å². The smallest absolute Gasteiger partial charge is 0.279 e. The molecule has 3 amide bonds. The summed E-state index contributed by atoms with van der Waals surface area (Å²) in [5.41, 5.74) is 0.688. The predicted molar refractivity (Wildman–Crippen MR) is 107 cm³/mol. The van der Waals surface area contributed by atoms with Crippen LogP contribution in [-0.2, 0) is 22.7 Å². The number of aliphatic hydroxyl groups is 1. The SMILES string of the molecule is CNc1ccc(F)c(CNc2cccc3c2CN(C2(O)CCC(=O)NC2=O)C3=O)c1. The van der Waals surface area contributed by atoms with Gasteiger partial charge in [0.25, 0.3) is 11.8 Å². The molecule has 9 heteroatoms. The first-order valence-electron chi connectivity index (χ1n) is 9.54. The van der Waals surface area contributed by atoms with E-state index in [-0.39, 0.29) is 31.7 Å². The summed E-state index contributed by atoms with van der Waals surface area (Å²) in [5, 5.41) is 19.0. The summed E-state index contributed by atoms with van der Waals surface area (Å²) < 4.78 is 14.1. The maximum absolute atomic E-state index is 14.1. The summed E-state index contributed by atoms with van der Waals surface area (Å²) in [4.78, 5) is 37.7. The molecule has 0 aliphatic carbocycles. The van der Waals surface area contributed by atoms with Crippen LogP contribution in [0.4, 0.5) is 15.8 Å². The van der Waals surface area contributed by atoms with Crippen LogP contribution in [0.15, 0.2) is 36.4 Å². The molecule has 156 valence electrons. The van der Waals surface area contributed by atoms with E-state index in [4.69, 9.17) is 0 Å². The van der Waals surface area contributed by atoms with Gasteiger partial charge in [-0.15, -0.1) is 0 Å². The maximum atomic E-state index is 14.1. The Balaban J connectivity index is 1.58. The van der Waals surface area contributed by atoms with E-state index in [1.54, 1.807) is 37.4 Å². The van der Waals surface area contributed by atoms with Crippen molar-refractivity contribution >= 4 is 29.1 Å². The highest BCUT2D eigenvalue weighted by Crippen LogP contribution is 2.36. The van der Waals surface area contributed by atoms with Gasteiger partial charge < -0.3 is 15.7 Å². The van der Waals surface area contributed by atoms with Gasteiger partial charge in [0.2, 0.25) is 11.6 Å². The third-order valence-corrected chi connectivity index (χ3v) is 5.54. The molecule has 1 unspecified atom stereocenters. The lowest BCUT2D eigenvalue weighted by Gasteiger charge is -2.37. The molecular formula is C21H21FN4O4. The van der Waals surface area contributed by atoms with Crippen LogP contribution >= 0.6 is 0 Å². The van der Waals surface area contributed by atoms with Crippen LogP contribution in [0.2, 0.25) is 0 Å². The van der Waals surface area contributed by atoms with E-state index < -0.39 is 23.4 Å². The zero-order valence-electron chi connectivity index (χ0n) is 16.3. The molecule has 0 aromatic heterocycles. The number of fused-ring (bicyclic) bond motifs is 1. The second kappa shape index (κ2) is 7.42. The van der Waals surface area contributed by atoms with E-state index in [0.29, 0.717) is 22.4 Å². The minimum atomic E-state index is -2.09. The molecule has 0 saturated carbocycles. The molecule has 2 aromatic carbocycles. The third-order valence-electron chi connectivity index (χ3n) is 5.54. The quantitative estimate of drug-likeness (QED) is 0.555. The molecule has 2 heterocycles. The maximum Gasteiger partial charge on any atom is 0.279 e. The number of nitrogens with one attached hydrogen (secondary N) is 3. The average Bonchev–Trinajstić information content (AvgIpc) is 3.08. The van der Waals surface area contributed by atoms with Crippen molar-refractivity contribution in [3.05, 3.63) is 58.9 Å². The molecular weight excluding hydrogens is 391 g/mol. The second-order valence-corrected chi connectivity index (χ2v) is 7.33. The Hall–Kier alpha value is -3.46. The Bertz CT molecular complexity index is 1060. The molecule has 2 aromatic rings. The van der Waals surface area contributed by atoms with E-state index in [1.807, 2.05) is 0 Å². The van der Waals surface area contributed by atoms with Crippen LogP contribution in [0.1, 0.15) is 34.3 Å². The fourth-order valence-corrected chi connectivity index (χ4v) is 3.80. The highest BCUT2D eigenvalue weighted by molar-refractivity contribution is 6.07. The number of carbonyl (C=O) groups excluding carboxylic acids is 3. The molecule has 1 saturated heterocycles. The number of rotatable bonds is 5. The number of benzene rings is 2. The summed E-state index contributed by atoms with van der Waals surface area (Å²) in [5.74, 6) is -2.24. The number of anilines is 2. The van der Waals surface area contributed by atoms with E-state index in [2.05, 4.69) is 16.0 Å². The zero-order chi connectivity index (χ0) is 21.5. The number of nitrogens with zero attached hydrogens (tertiary/aromatic N) is 1. The van der Waals surface area contributed by atoms with Crippen LogP contribution < -0.4 is 16.0 Å². The minimum Gasteiger partial charge on any atom is -0.388 e. The average molecular weight is 412 g/mol. The Morgan fingerprint density at radius 3 is 2.77 bits per heavy atom. The van der Waals surface area contributed by atoms with Gasteiger partial charge in [0, 0.05) is 54.5 Å². The van der Waals surface area contributed by atoms with Gasteiger partial charge in [-0.25, -0.2) is 4.39 Å². The van der Waals surface area contributed by atoms with Crippen molar-refractivity contribution in [3.63, 3.8) is 0 Å². The Kier molecular flexibility index (Phi) is 4.90. The van der Waals surface area contributed by atoms with Crippen molar-refractivity contribution in [1.29, 1.82) is 0 Å². The van der Waals surface area contributed by atoms with Crippen molar-refractivity contribution in [2.24, 2.45) is 0 Å². The number of halogens is 1. The molecule has 2 aliphatic rings. The molecule has 30 heavy (non-hydrogen) atoms. The van der Waals surface area contributed by atoms with Crippen molar-refractivity contribution in [2.75, 3.05) is 17.7 Å². The lowest BCUT2D eigenvalue weighted by Crippen LogP contribution is -2.63. The van der Waals surface area contributed by atoms with Crippen LogP contribution in [0.5, 0.6) is 0 Å². The normalized spacial score (nSPS) is 20.8. The molecule has 8 nitrogen and oxygen atoms in total. The topological polar surface area (TPSA) is 111 Å². The number of piperidine rings is 1. The number of hydrogen-bond donors (Lipinski definition) is 4. The fraction of sp³-hybridized carbons (Fsp3) is 0.286. The van der Waals surface area contributed by atoms with Crippen LogP contribution in [0.3, 0.4) is 0 Å². The third kappa shape index (κ3) is 3.26. The van der Waals surface area contributed by atoms with E-state index in [0.717, 1.165) is 10.6 Å². The molecule has 2 aliphatic heterocycles. The Morgan fingerprint density at radius 2 is 2.03 bits per heavy atom. The summed E-state index contributed by atoms with van der Waals surface area (Å²) in [6.45, 7) is 0.180. The Labute approximate surface area is 172 Å². The van der Waals surface area contributed by atoms with E-state index in [1.165, 1.54) is 6.07 Å². The standard InChI is InChI=1S/C21H21FN4O4/c1-23-13-5-6-16(22)12(9-13)10-24-17-4-2-3-14-15(17)11-26(19(14)28)21(30)8-7-18(27)25-20(21)29/h2-6,9,23-24,30H,7-8,10-11H2,1H3,(H,25,27,29). The predicted octanol–water partition coefficient (Wildman–Crippen LogP) is 1.56. The van der Waals surface area contributed by atoms with Crippen molar-refractivity contribution < 1.29 is 23.9 Å². The molecule has 1 fully saturated rings. The minimum absolute atomic E-state index is 0.00547. The lowest BCUT2D eigenvalue weighted by molar-refractivity contribution is -0.167. The number of amides is 3. The first kappa shape index (κ1) is 19.8. The van der Waals surface area contributed by atoms with Gasteiger partial charge in [0.15, 0.2) is 0 Å². The molecule has 4 N–H and O–H groups in total. The fourth-order valence-electron chi connectivity index (χ4n) is 3.80. The zero-order valence-corrected chi connectivity index (χ0v) is 16.3. The number of imide groups is 1. The van der Waals surface area contributed by atoms with Gasteiger partial charge in [-0.1, -0.05) is 6.07 Å². The monoisotopic (exact) mass is 412 g/mol. The van der Waals surface area contributed by atoms with Crippen LogP contribution in [0, 0.1) is 5.82 Å². The number of hydrogen-bond acceptors (Lipinski definition) is 6. The summed E-state index contributed by atoms with van der Waals surface area (Å²) >= 11 is 0. The van der Waals surface area contributed by atoms with Crippen LogP contribution in [-0.4, -0.2) is 40.5 Å². The number of carbonyl (C=O) groups is 3. The van der Waals surface area contributed by atoms with Crippen LogP contribution in [0.25, 0.3) is 0 Å². The van der Waals surface area contributed by atoms with Gasteiger partial charge >= 0.3 is 0 Å². The molecule has 0 spiro atoms. The molecule has 1 atom stereocenters. The van der Waals surface area contributed by atoms with Crippen molar-refractivity contribution in [2.45, 2.75) is 31.7 Å². The summed E-state index contributed by atoms with van der Waals surface area (Å²) in [6, 6.07) is 9.75. The van der Waals surface area contributed by atoms with Gasteiger partial charge in [0.05, 0.1) is 6.54 Å². The molecule has 4 rings (SSSR count). The first-order chi connectivity index (χ1) is 14.3. The highest BCUT2D eigenvalue weighted by Gasteiger charge is 2.51. The summed E-state index contributed by atoms with van der Waals surface area (Å²) in [7, 11) is 1.74. The molecule has 0 radical (unpaired) electrons. The van der Waals surface area contributed by atoms with Gasteiger partial charge in [-0.3, -0.25) is 24.6 Å². The lowest BCUT2D eigenvalue weighted by atomic mass is 10.00. The van der Waals surface area contributed by atoms with Gasteiger partial charge in [-0.05, 0) is 30.3 Å². The molecule has 0 bridgehead atoms. The van der Waals surface area contributed by atoms with Crippen molar-refractivity contribution in [1.82, 2.24) is 10.2 Å². The van der Waals surface area contributed by atoms with Crippen molar-refractivity contribution in [3.8, 4) is 0 Å². The van der Waals surface area contributed by atoms with Gasteiger partial charge in [0.1, 0.15) is 5.82 Å². The van der Waals surface area contributed by atoms with Gasteiger partial charge in [-0.2, -0.15) is 0 Å². The first-order valence-corrected chi connectivity index (χ1v) is 9.54. The summed E-state index contributed by atoms with van der Waals surface area (Å²) in [6.07, 6.45) is -0.225.